The number of nitrogens with one attached hydrogen (secondary N) is 2. The predicted molar refractivity (Wildman–Crippen MR) is 175 cm³/mol. The summed E-state index contributed by atoms with van der Waals surface area (Å²) in [6, 6.07) is 9.86. The number of hydrogen-bond acceptors (Lipinski definition) is 9. The number of hydrogen-bond donors (Lipinski definition) is 2. The summed E-state index contributed by atoms with van der Waals surface area (Å²) in [5.74, 6) is 1.63. The lowest BCUT2D eigenvalue weighted by molar-refractivity contribution is -0.129. The molecule has 0 saturated heterocycles. The molecule has 0 atom stereocenters. The van der Waals surface area contributed by atoms with Gasteiger partial charge in [0.1, 0.15) is 10.8 Å². The van der Waals surface area contributed by atoms with E-state index in [1.165, 1.54) is 11.1 Å². The number of amides is 2. The highest BCUT2D eigenvalue weighted by molar-refractivity contribution is 6.33. The predicted octanol–water partition coefficient (Wildman–Crippen LogP) is 4.42. The number of carbonyl (C=O) groups is 2. The first-order chi connectivity index (χ1) is 21.2. The first kappa shape index (κ1) is 31.3. The van der Waals surface area contributed by atoms with E-state index >= 15 is 0 Å². The average Bonchev–Trinajstić information content (AvgIpc) is 3.29. The third-order valence-electron chi connectivity index (χ3n) is 8.29. The summed E-state index contributed by atoms with van der Waals surface area (Å²) in [5.41, 5.74) is 5.50. The van der Waals surface area contributed by atoms with Crippen molar-refractivity contribution in [1.29, 1.82) is 0 Å². The number of methoxy groups -OCH3 is 1. The molecular weight excluding hydrogens is 580 g/mol. The fourth-order valence-electron chi connectivity index (χ4n) is 5.65. The van der Waals surface area contributed by atoms with Crippen molar-refractivity contribution in [3.05, 3.63) is 58.2 Å². The van der Waals surface area contributed by atoms with Crippen molar-refractivity contribution in [2.24, 2.45) is 0 Å². The largest absolute Gasteiger partial charge is 0.495 e. The fourth-order valence-corrected chi connectivity index (χ4v) is 5.78. The van der Waals surface area contributed by atoms with Crippen LogP contribution < -0.4 is 20.3 Å². The molecule has 2 amide bonds. The van der Waals surface area contributed by atoms with E-state index in [0.29, 0.717) is 47.7 Å². The Kier molecular flexibility index (Phi) is 9.75. The van der Waals surface area contributed by atoms with Gasteiger partial charge in [0.15, 0.2) is 5.82 Å². The number of ether oxygens (including phenoxy) is 1. The van der Waals surface area contributed by atoms with Crippen LogP contribution in [0.5, 0.6) is 5.75 Å². The highest BCUT2D eigenvalue weighted by atomic mass is 35.5. The Morgan fingerprint density at radius 2 is 1.70 bits per heavy atom. The molecule has 234 valence electrons. The Hall–Kier alpha value is -4.09. The topological polar surface area (TPSA) is 106 Å². The molecule has 0 aliphatic carbocycles. The zero-order chi connectivity index (χ0) is 31.4. The van der Waals surface area contributed by atoms with E-state index in [4.69, 9.17) is 16.3 Å². The molecule has 0 fully saturated rings. The first-order valence-corrected chi connectivity index (χ1v) is 15.5. The Morgan fingerprint density at radius 3 is 2.39 bits per heavy atom. The van der Waals surface area contributed by atoms with E-state index in [9.17, 15) is 9.59 Å². The van der Waals surface area contributed by atoms with Gasteiger partial charge >= 0.3 is 0 Å². The molecule has 0 saturated carbocycles. The minimum absolute atomic E-state index is 0.0426. The Morgan fingerprint density at radius 1 is 1.00 bits per heavy atom. The summed E-state index contributed by atoms with van der Waals surface area (Å²) < 4.78 is 5.74. The number of likely N-dealkylation sites (N-methyl/N-ethyl adjacent to an activating group) is 3. The molecule has 5 rings (SSSR count). The SMILES string of the molecule is CCN1CCN(CC)c2cc(Nc3nc(Nc4cc5c(cc4OC)CCN(CC(=O)N(C)C)CC5)ncc3Cl)ccc2C1=O. The van der Waals surface area contributed by atoms with Gasteiger partial charge in [-0.15, -0.1) is 0 Å². The number of carbonyl (C=O) groups excluding carboxylic acids is 2. The summed E-state index contributed by atoms with van der Waals surface area (Å²) in [5, 5.41) is 7.01. The lowest BCUT2D eigenvalue weighted by atomic mass is 10.0. The van der Waals surface area contributed by atoms with Crippen molar-refractivity contribution >= 4 is 52.2 Å². The monoisotopic (exact) mass is 620 g/mol. The second kappa shape index (κ2) is 13.7. The van der Waals surface area contributed by atoms with Crippen molar-refractivity contribution < 1.29 is 14.3 Å². The smallest absolute Gasteiger partial charge is 0.256 e. The molecule has 0 unspecified atom stereocenters. The van der Waals surface area contributed by atoms with Crippen LogP contribution in [0.25, 0.3) is 0 Å². The highest BCUT2D eigenvalue weighted by Crippen LogP contribution is 2.34. The molecule has 2 aromatic carbocycles. The molecule has 0 radical (unpaired) electrons. The minimum atomic E-state index is 0.0426. The van der Waals surface area contributed by atoms with Crippen LogP contribution in [-0.2, 0) is 17.6 Å². The molecule has 3 heterocycles. The number of fused-ring (bicyclic) bond motifs is 2. The maximum atomic E-state index is 13.1. The molecule has 2 N–H and O–H groups in total. The van der Waals surface area contributed by atoms with Gasteiger partial charge in [-0.05, 0) is 68.1 Å². The van der Waals surface area contributed by atoms with Gasteiger partial charge in [-0.2, -0.15) is 4.98 Å². The van der Waals surface area contributed by atoms with Crippen LogP contribution in [0.2, 0.25) is 5.02 Å². The van der Waals surface area contributed by atoms with Crippen LogP contribution in [0, 0.1) is 0 Å². The molecule has 44 heavy (non-hydrogen) atoms. The number of anilines is 5. The van der Waals surface area contributed by atoms with Gasteiger partial charge in [0.2, 0.25) is 11.9 Å². The maximum Gasteiger partial charge on any atom is 0.256 e. The quantitative estimate of drug-likeness (QED) is 0.360. The molecule has 2 aliphatic rings. The van der Waals surface area contributed by atoms with Crippen LogP contribution in [0.15, 0.2) is 36.5 Å². The van der Waals surface area contributed by atoms with E-state index in [1.807, 2.05) is 30.0 Å². The van der Waals surface area contributed by atoms with Crippen molar-refractivity contribution in [1.82, 2.24) is 24.7 Å². The van der Waals surface area contributed by atoms with Crippen LogP contribution in [0.4, 0.5) is 28.8 Å². The van der Waals surface area contributed by atoms with E-state index in [0.717, 1.165) is 56.1 Å². The average molecular weight is 621 g/mol. The number of aromatic nitrogens is 2. The summed E-state index contributed by atoms with van der Waals surface area (Å²) in [7, 11) is 5.21. The van der Waals surface area contributed by atoms with Crippen molar-refractivity contribution in [3.63, 3.8) is 0 Å². The number of halogens is 1. The van der Waals surface area contributed by atoms with Gasteiger partial charge in [-0.25, -0.2) is 4.98 Å². The number of nitrogens with zero attached hydrogens (tertiary/aromatic N) is 6. The second-order valence-corrected chi connectivity index (χ2v) is 11.6. The molecule has 12 heteroatoms. The highest BCUT2D eigenvalue weighted by Gasteiger charge is 2.25. The van der Waals surface area contributed by atoms with Crippen LogP contribution >= 0.6 is 11.6 Å². The number of benzene rings is 2. The molecular formula is C32H41ClN8O3. The number of rotatable bonds is 9. The van der Waals surface area contributed by atoms with Crippen molar-refractivity contribution in [2.45, 2.75) is 26.7 Å². The molecule has 11 nitrogen and oxygen atoms in total. The van der Waals surface area contributed by atoms with E-state index in [-0.39, 0.29) is 11.8 Å². The zero-order valence-corrected chi connectivity index (χ0v) is 26.9. The summed E-state index contributed by atoms with van der Waals surface area (Å²) in [6.45, 7) is 9.02. The normalized spacial score (nSPS) is 15.2. The van der Waals surface area contributed by atoms with E-state index in [1.54, 1.807) is 32.3 Å². The third-order valence-corrected chi connectivity index (χ3v) is 8.56. The molecule has 3 aromatic rings. The van der Waals surface area contributed by atoms with Crippen LogP contribution in [0.1, 0.15) is 35.3 Å². The summed E-state index contributed by atoms with van der Waals surface area (Å²) >= 11 is 6.53. The van der Waals surface area contributed by atoms with Crippen molar-refractivity contribution in [3.8, 4) is 5.75 Å². The van der Waals surface area contributed by atoms with Gasteiger partial charge in [-0.1, -0.05) is 11.6 Å². The van der Waals surface area contributed by atoms with Crippen LogP contribution in [0.3, 0.4) is 0 Å². The van der Waals surface area contributed by atoms with Gasteiger partial charge in [0.05, 0.1) is 36.8 Å². The van der Waals surface area contributed by atoms with Gasteiger partial charge in [-0.3, -0.25) is 14.5 Å². The summed E-state index contributed by atoms with van der Waals surface area (Å²) in [6.07, 6.45) is 3.20. The molecule has 2 aliphatic heterocycles. The molecule has 0 bridgehead atoms. The lowest BCUT2D eigenvalue weighted by Gasteiger charge is -2.23. The Labute approximate surface area is 264 Å². The maximum absolute atomic E-state index is 13.1. The van der Waals surface area contributed by atoms with Gasteiger partial charge < -0.3 is 30.1 Å². The van der Waals surface area contributed by atoms with Crippen molar-refractivity contribution in [2.75, 3.05) is 82.6 Å². The standard InChI is InChI=1S/C32H41ClN8O3/c1-6-40-14-15-41(7-2)31(43)24-9-8-23(18-27(24)40)35-30-25(33)19-34-32(37-30)36-26-16-21-10-12-39(20-29(42)38(3)4)13-11-22(21)17-28(26)44-5/h8-9,16-19H,6-7,10-15,20H2,1-5H3,(H2,34,35,36,37). The minimum Gasteiger partial charge on any atom is -0.495 e. The Bertz CT molecular complexity index is 1530. The van der Waals surface area contributed by atoms with Crippen LogP contribution in [-0.4, -0.2) is 104 Å². The molecule has 0 spiro atoms. The third kappa shape index (κ3) is 6.84. The lowest BCUT2D eigenvalue weighted by Crippen LogP contribution is -2.37. The zero-order valence-electron chi connectivity index (χ0n) is 26.1. The van der Waals surface area contributed by atoms with E-state index < -0.39 is 0 Å². The first-order valence-electron chi connectivity index (χ1n) is 15.1. The summed E-state index contributed by atoms with van der Waals surface area (Å²) in [4.78, 5) is 42.4. The fraction of sp³-hybridized carbons (Fsp3) is 0.438. The second-order valence-electron chi connectivity index (χ2n) is 11.2. The van der Waals surface area contributed by atoms with E-state index in [2.05, 4.69) is 49.5 Å². The Balaban J connectivity index is 1.36. The molecule has 1 aromatic heterocycles. The van der Waals surface area contributed by atoms with Gasteiger partial charge in [0.25, 0.3) is 5.91 Å². The van der Waals surface area contributed by atoms with Gasteiger partial charge in [0, 0.05) is 59.1 Å².